The fraction of sp³-hybridized carbons (Fsp3) is 0.500. The molecule has 0 N–H and O–H groups in total. The van der Waals surface area contributed by atoms with Gasteiger partial charge in [0.05, 0.1) is 12.2 Å². The number of carbonyl (C=O) groups excluding carboxylic acids is 2. The highest BCUT2D eigenvalue weighted by atomic mass is 17.2. The molecule has 1 rings (SSSR count). The van der Waals surface area contributed by atoms with E-state index in [1.807, 2.05) is 6.92 Å². The SMILES string of the molecule is CCc1cc(OCCOC)ccc1C(=O)OOCCOC(C)=O. The summed E-state index contributed by atoms with van der Waals surface area (Å²) < 4.78 is 15.1. The number of benzene rings is 1. The Morgan fingerprint density at radius 1 is 1.09 bits per heavy atom. The molecule has 0 fully saturated rings. The number of aryl methyl sites for hydroxylation is 1. The van der Waals surface area contributed by atoms with Crippen molar-refractivity contribution in [1.29, 1.82) is 0 Å². The molecule has 0 aromatic heterocycles. The van der Waals surface area contributed by atoms with Crippen LogP contribution in [0.5, 0.6) is 5.75 Å². The second-order valence-corrected chi connectivity index (χ2v) is 4.55. The summed E-state index contributed by atoms with van der Waals surface area (Å²) in [5.74, 6) is -0.364. The van der Waals surface area contributed by atoms with Crippen LogP contribution in [0.3, 0.4) is 0 Å². The minimum atomic E-state index is -0.604. The summed E-state index contributed by atoms with van der Waals surface area (Å²) in [6.07, 6.45) is 0.638. The highest BCUT2D eigenvalue weighted by molar-refractivity contribution is 5.90. The van der Waals surface area contributed by atoms with Crippen LogP contribution in [0.1, 0.15) is 29.8 Å². The topological polar surface area (TPSA) is 80.3 Å². The van der Waals surface area contributed by atoms with Gasteiger partial charge in [0.2, 0.25) is 0 Å². The molecule has 0 aliphatic carbocycles. The van der Waals surface area contributed by atoms with E-state index < -0.39 is 11.9 Å². The minimum Gasteiger partial charge on any atom is -0.491 e. The molecule has 7 nitrogen and oxygen atoms in total. The average molecular weight is 326 g/mol. The molecule has 1 aromatic carbocycles. The Balaban J connectivity index is 2.53. The van der Waals surface area contributed by atoms with Gasteiger partial charge in [-0.15, -0.1) is 0 Å². The molecule has 0 aliphatic heterocycles. The van der Waals surface area contributed by atoms with Gasteiger partial charge in [-0.05, 0) is 30.2 Å². The van der Waals surface area contributed by atoms with Crippen LogP contribution in [0.2, 0.25) is 0 Å². The van der Waals surface area contributed by atoms with Crippen molar-refractivity contribution in [1.82, 2.24) is 0 Å². The molecule has 0 radical (unpaired) electrons. The van der Waals surface area contributed by atoms with Crippen LogP contribution in [0, 0.1) is 0 Å². The molecule has 0 bridgehead atoms. The molecule has 1 aromatic rings. The molecule has 0 heterocycles. The Hall–Kier alpha value is -2.12. The van der Waals surface area contributed by atoms with E-state index in [2.05, 4.69) is 4.74 Å². The lowest BCUT2D eigenvalue weighted by atomic mass is 10.1. The van der Waals surface area contributed by atoms with E-state index in [4.69, 9.17) is 19.2 Å². The maximum absolute atomic E-state index is 12.0. The lowest BCUT2D eigenvalue weighted by Crippen LogP contribution is -2.13. The number of carbonyl (C=O) groups is 2. The van der Waals surface area contributed by atoms with Crippen molar-refractivity contribution < 1.29 is 33.6 Å². The number of ether oxygens (including phenoxy) is 3. The first-order valence-corrected chi connectivity index (χ1v) is 7.30. The highest BCUT2D eigenvalue weighted by Crippen LogP contribution is 2.19. The summed E-state index contributed by atoms with van der Waals surface area (Å²) in [7, 11) is 1.60. The third-order valence-electron chi connectivity index (χ3n) is 2.84. The minimum absolute atomic E-state index is 0.0228. The predicted octanol–water partition coefficient (Wildman–Crippen LogP) is 1.93. The number of hydrogen-bond acceptors (Lipinski definition) is 7. The van der Waals surface area contributed by atoms with Crippen molar-refractivity contribution in [3.63, 3.8) is 0 Å². The molecule has 0 aliphatic rings. The third kappa shape index (κ3) is 7.12. The summed E-state index contributed by atoms with van der Waals surface area (Å²) in [5.41, 5.74) is 1.19. The van der Waals surface area contributed by atoms with Crippen LogP contribution < -0.4 is 4.74 Å². The van der Waals surface area contributed by atoms with E-state index in [0.717, 1.165) is 5.56 Å². The van der Waals surface area contributed by atoms with Crippen LogP contribution in [0.4, 0.5) is 0 Å². The van der Waals surface area contributed by atoms with Gasteiger partial charge in [-0.3, -0.25) is 9.68 Å². The van der Waals surface area contributed by atoms with Gasteiger partial charge in [-0.2, -0.15) is 4.89 Å². The summed E-state index contributed by atoms with van der Waals surface area (Å²) in [4.78, 5) is 32.0. The van der Waals surface area contributed by atoms with E-state index in [1.54, 1.807) is 25.3 Å². The Labute approximate surface area is 135 Å². The zero-order valence-electron chi connectivity index (χ0n) is 13.6. The molecule has 23 heavy (non-hydrogen) atoms. The normalized spacial score (nSPS) is 10.2. The van der Waals surface area contributed by atoms with Gasteiger partial charge in [-0.1, -0.05) is 6.92 Å². The maximum atomic E-state index is 12.0. The lowest BCUT2D eigenvalue weighted by Gasteiger charge is -2.11. The van der Waals surface area contributed by atoms with Crippen molar-refractivity contribution in [2.45, 2.75) is 20.3 Å². The predicted molar refractivity (Wildman–Crippen MR) is 81.2 cm³/mol. The average Bonchev–Trinajstić information content (AvgIpc) is 2.54. The first-order chi connectivity index (χ1) is 11.1. The van der Waals surface area contributed by atoms with Gasteiger partial charge in [0.1, 0.15) is 25.6 Å². The third-order valence-corrected chi connectivity index (χ3v) is 2.84. The Morgan fingerprint density at radius 3 is 2.52 bits per heavy atom. The van der Waals surface area contributed by atoms with E-state index >= 15 is 0 Å². The summed E-state index contributed by atoms with van der Waals surface area (Å²) in [6, 6.07) is 5.09. The number of hydrogen-bond donors (Lipinski definition) is 0. The number of esters is 1. The van der Waals surface area contributed by atoms with Crippen LogP contribution in [-0.4, -0.2) is 45.5 Å². The zero-order chi connectivity index (χ0) is 17.1. The van der Waals surface area contributed by atoms with Crippen molar-refractivity contribution in [2.24, 2.45) is 0 Å². The van der Waals surface area contributed by atoms with Crippen molar-refractivity contribution in [3.8, 4) is 5.75 Å². The van der Waals surface area contributed by atoms with Crippen LogP contribution in [0.25, 0.3) is 0 Å². The van der Waals surface area contributed by atoms with Crippen molar-refractivity contribution in [2.75, 3.05) is 33.5 Å². The smallest absolute Gasteiger partial charge is 0.373 e. The van der Waals surface area contributed by atoms with Crippen molar-refractivity contribution >= 4 is 11.9 Å². The lowest BCUT2D eigenvalue weighted by molar-refractivity contribution is -0.246. The van der Waals surface area contributed by atoms with Gasteiger partial charge in [0, 0.05) is 14.0 Å². The van der Waals surface area contributed by atoms with Gasteiger partial charge < -0.3 is 14.2 Å². The van der Waals surface area contributed by atoms with Crippen LogP contribution in [-0.2, 0) is 30.5 Å². The van der Waals surface area contributed by atoms with E-state index in [1.165, 1.54) is 6.92 Å². The molecule has 0 unspecified atom stereocenters. The molecule has 0 saturated carbocycles. The largest absolute Gasteiger partial charge is 0.491 e. The Morgan fingerprint density at radius 2 is 1.87 bits per heavy atom. The standard InChI is InChI=1S/C16H22O7/c1-4-13-11-14(21-8-7-19-3)5-6-15(13)16(18)23-22-10-9-20-12(2)17/h5-6,11H,4,7-10H2,1-3H3. The van der Waals surface area contributed by atoms with Crippen LogP contribution >= 0.6 is 0 Å². The fourth-order valence-corrected chi connectivity index (χ4v) is 1.75. The monoisotopic (exact) mass is 326 g/mol. The molecular weight excluding hydrogens is 304 g/mol. The van der Waals surface area contributed by atoms with E-state index in [-0.39, 0.29) is 13.2 Å². The van der Waals surface area contributed by atoms with E-state index in [0.29, 0.717) is 30.9 Å². The Bertz CT molecular complexity index is 513. The maximum Gasteiger partial charge on any atom is 0.373 e. The zero-order valence-corrected chi connectivity index (χ0v) is 13.6. The summed E-state index contributed by atoms with van der Waals surface area (Å²) in [6.45, 7) is 4.13. The highest BCUT2D eigenvalue weighted by Gasteiger charge is 2.14. The van der Waals surface area contributed by atoms with Gasteiger partial charge in [0.15, 0.2) is 0 Å². The second-order valence-electron chi connectivity index (χ2n) is 4.55. The van der Waals surface area contributed by atoms with Gasteiger partial charge in [0.25, 0.3) is 0 Å². The molecule has 7 heteroatoms. The molecular formula is C16H22O7. The fourth-order valence-electron chi connectivity index (χ4n) is 1.75. The summed E-state index contributed by atoms with van der Waals surface area (Å²) >= 11 is 0. The molecule has 0 saturated heterocycles. The Kier molecular flexibility index (Phi) is 8.71. The molecule has 0 atom stereocenters. The van der Waals surface area contributed by atoms with Crippen LogP contribution in [0.15, 0.2) is 18.2 Å². The summed E-state index contributed by atoms with van der Waals surface area (Å²) in [5, 5.41) is 0. The molecule has 0 amide bonds. The first-order valence-electron chi connectivity index (χ1n) is 7.30. The second kappa shape index (κ2) is 10.6. The van der Waals surface area contributed by atoms with Gasteiger partial charge in [-0.25, -0.2) is 4.79 Å². The first kappa shape index (κ1) is 18.9. The number of rotatable bonds is 10. The van der Waals surface area contributed by atoms with Gasteiger partial charge >= 0.3 is 11.9 Å². The molecule has 128 valence electrons. The quantitative estimate of drug-likeness (QED) is 0.281. The van der Waals surface area contributed by atoms with E-state index in [9.17, 15) is 9.59 Å². The van der Waals surface area contributed by atoms with Crippen molar-refractivity contribution in [3.05, 3.63) is 29.3 Å². The molecule has 0 spiro atoms. The number of methoxy groups -OCH3 is 1.